The fourth-order valence-electron chi connectivity index (χ4n) is 1.78. The van der Waals surface area contributed by atoms with Crippen molar-refractivity contribution in [2.24, 2.45) is 0 Å². The lowest BCUT2D eigenvalue weighted by Crippen LogP contribution is -2.70. The molecule has 1 saturated heterocycles. The van der Waals surface area contributed by atoms with Crippen molar-refractivity contribution in [2.45, 2.75) is 45.4 Å². The van der Waals surface area contributed by atoms with Crippen LogP contribution in [0, 0.1) is 0 Å². The molecule has 2 amide bonds. The molecule has 0 saturated carbocycles. The van der Waals surface area contributed by atoms with Gasteiger partial charge in [0.05, 0.1) is 6.04 Å². The molecule has 0 bridgehead atoms. The highest BCUT2D eigenvalue weighted by atomic mass is 16.6. The van der Waals surface area contributed by atoms with E-state index < -0.39 is 17.7 Å². The van der Waals surface area contributed by atoms with Crippen LogP contribution in [0.1, 0.15) is 27.7 Å². The Morgan fingerprint density at radius 2 is 2.16 bits per heavy atom. The van der Waals surface area contributed by atoms with Gasteiger partial charge in [-0.25, -0.2) is 4.79 Å². The van der Waals surface area contributed by atoms with Crippen molar-refractivity contribution >= 4 is 17.9 Å². The molecule has 1 aromatic heterocycles. The van der Waals surface area contributed by atoms with Crippen LogP contribution in [0.15, 0.2) is 0 Å². The summed E-state index contributed by atoms with van der Waals surface area (Å²) in [6, 6.07) is -0.883. The molecule has 2 atom stereocenters. The van der Waals surface area contributed by atoms with Gasteiger partial charge in [0.15, 0.2) is 0 Å². The quantitative estimate of drug-likeness (QED) is 0.720. The van der Waals surface area contributed by atoms with Crippen molar-refractivity contribution < 1.29 is 14.3 Å². The average molecular weight is 268 g/mol. The van der Waals surface area contributed by atoms with Crippen molar-refractivity contribution in [1.82, 2.24) is 25.9 Å². The third kappa shape index (κ3) is 2.64. The van der Waals surface area contributed by atoms with Crippen molar-refractivity contribution in [1.29, 1.82) is 0 Å². The molecule has 2 N–H and O–H groups in total. The minimum atomic E-state index is -0.631. The van der Waals surface area contributed by atoms with E-state index in [2.05, 4.69) is 25.9 Å². The number of hydrogen-bond donors (Lipinski definition) is 2. The van der Waals surface area contributed by atoms with E-state index in [9.17, 15) is 9.59 Å². The first-order valence-electron chi connectivity index (χ1n) is 5.85. The maximum atomic E-state index is 11.9. The van der Waals surface area contributed by atoms with Crippen molar-refractivity contribution in [3.63, 3.8) is 0 Å². The van der Waals surface area contributed by atoms with E-state index in [1.165, 1.54) is 4.90 Å². The SMILES string of the molecule is C[C@H]1[C@H](NC(=O)OC(C)(C)C)C(=O)N1c1nn[nH]n1. The summed E-state index contributed by atoms with van der Waals surface area (Å²) in [5.41, 5.74) is -0.604. The first kappa shape index (κ1) is 13.2. The van der Waals surface area contributed by atoms with Crippen LogP contribution in [0.2, 0.25) is 0 Å². The minimum Gasteiger partial charge on any atom is -0.444 e. The Hall–Kier alpha value is -2.19. The lowest BCUT2D eigenvalue weighted by molar-refractivity contribution is -0.127. The van der Waals surface area contributed by atoms with Gasteiger partial charge in [-0.2, -0.15) is 5.21 Å². The van der Waals surface area contributed by atoms with Crippen molar-refractivity contribution in [2.75, 3.05) is 4.90 Å². The molecule has 0 aliphatic carbocycles. The van der Waals surface area contributed by atoms with Crippen LogP contribution in [0.3, 0.4) is 0 Å². The monoisotopic (exact) mass is 268 g/mol. The van der Waals surface area contributed by atoms with Gasteiger partial charge < -0.3 is 10.1 Å². The highest BCUT2D eigenvalue weighted by Gasteiger charge is 2.48. The number of ether oxygens (including phenoxy) is 1. The summed E-state index contributed by atoms with van der Waals surface area (Å²) in [5.74, 6) is -0.0977. The number of aromatic amines is 1. The highest BCUT2D eigenvalue weighted by Crippen LogP contribution is 2.24. The van der Waals surface area contributed by atoms with E-state index in [1.54, 1.807) is 27.7 Å². The number of carbonyl (C=O) groups excluding carboxylic acids is 2. The summed E-state index contributed by atoms with van der Waals surface area (Å²) in [5, 5.41) is 15.6. The predicted molar refractivity (Wildman–Crippen MR) is 64.3 cm³/mol. The Bertz CT molecular complexity index is 480. The van der Waals surface area contributed by atoms with Crippen LogP contribution < -0.4 is 10.2 Å². The normalized spacial score (nSPS) is 22.9. The van der Waals surface area contributed by atoms with Crippen LogP contribution in [0.5, 0.6) is 0 Å². The standard InChI is InChI=1S/C10H16N6O3/c1-5-6(11-9(18)19-10(2,3)4)7(17)16(5)8-12-14-15-13-8/h5-6H,1-4H3,(H,11,18)(H,12,13,14,15)/t5-,6-/m0/s1. The Labute approximate surface area is 109 Å². The molecular weight excluding hydrogens is 252 g/mol. The van der Waals surface area contributed by atoms with Gasteiger partial charge in [-0.3, -0.25) is 9.69 Å². The number of β-lactam (4-membered cyclic amide) rings is 1. The van der Waals surface area contributed by atoms with E-state index in [4.69, 9.17) is 4.74 Å². The molecule has 104 valence electrons. The van der Waals surface area contributed by atoms with Crippen LogP contribution in [0.4, 0.5) is 10.7 Å². The van der Waals surface area contributed by atoms with Gasteiger partial charge in [0.1, 0.15) is 11.6 Å². The number of anilines is 1. The second-order valence-electron chi connectivity index (χ2n) is 5.28. The van der Waals surface area contributed by atoms with Crippen LogP contribution in [-0.4, -0.2) is 50.3 Å². The van der Waals surface area contributed by atoms with Gasteiger partial charge >= 0.3 is 6.09 Å². The van der Waals surface area contributed by atoms with E-state index in [0.717, 1.165) is 0 Å². The third-order valence-electron chi connectivity index (χ3n) is 2.62. The molecule has 0 radical (unpaired) electrons. The molecule has 9 heteroatoms. The van der Waals surface area contributed by atoms with Crippen molar-refractivity contribution in [3.05, 3.63) is 0 Å². The van der Waals surface area contributed by atoms with E-state index in [-0.39, 0.29) is 17.9 Å². The molecule has 19 heavy (non-hydrogen) atoms. The second kappa shape index (κ2) is 4.48. The summed E-state index contributed by atoms with van der Waals surface area (Å²) in [4.78, 5) is 24.9. The lowest BCUT2D eigenvalue weighted by atomic mass is 9.98. The summed E-state index contributed by atoms with van der Waals surface area (Å²) < 4.78 is 5.10. The maximum absolute atomic E-state index is 11.9. The van der Waals surface area contributed by atoms with E-state index >= 15 is 0 Å². The molecule has 0 unspecified atom stereocenters. The molecule has 2 heterocycles. The van der Waals surface area contributed by atoms with E-state index in [0.29, 0.717) is 0 Å². The maximum Gasteiger partial charge on any atom is 0.408 e. The number of rotatable bonds is 2. The van der Waals surface area contributed by atoms with Gasteiger partial charge in [0.2, 0.25) is 0 Å². The second-order valence-corrected chi connectivity index (χ2v) is 5.28. The zero-order valence-electron chi connectivity index (χ0n) is 11.2. The number of nitrogens with zero attached hydrogens (tertiary/aromatic N) is 4. The molecule has 1 aliphatic rings. The molecular formula is C10H16N6O3. The molecule has 1 aromatic rings. The van der Waals surface area contributed by atoms with Gasteiger partial charge in [0.25, 0.3) is 11.9 Å². The smallest absolute Gasteiger partial charge is 0.408 e. The Kier molecular flexibility index (Phi) is 3.13. The number of alkyl carbamates (subject to hydrolysis) is 1. The van der Waals surface area contributed by atoms with Gasteiger partial charge in [-0.05, 0) is 32.9 Å². The number of tetrazole rings is 1. The zero-order valence-corrected chi connectivity index (χ0v) is 11.2. The molecule has 1 fully saturated rings. The molecule has 0 aromatic carbocycles. The lowest BCUT2D eigenvalue weighted by Gasteiger charge is -2.42. The number of carbonyl (C=O) groups is 2. The Balaban J connectivity index is 1.94. The summed E-state index contributed by atoms with van der Waals surface area (Å²) in [7, 11) is 0. The zero-order chi connectivity index (χ0) is 14.2. The number of aromatic nitrogens is 4. The molecule has 2 rings (SSSR count). The number of hydrogen-bond acceptors (Lipinski definition) is 6. The summed E-state index contributed by atoms with van der Waals surface area (Å²) in [6.07, 6.45) is -0.620. The van der Waals surface area contributed by atoms with Crippen LogP contribution in [-0.2, 0) is 9.53 Å². The predicted octanol–water partition coefficient (Wildman–Crippen LogP) is -0.172. The Morgan fingerprint density at radius 3 is 2.63 bits per heavy atom. The summed E-state index contributed by atoms with van der Waals surface area (Å²) in [6.45, 7) is 7.04. The van der Waals surface area contributed by atoms with Crippen molar-refractivity contribution in [3.8, 4) is 0 Å². The largest absolute Gasteiger partial charge is 0.444 e. The first-order valence-corrected chi connectivity index (χ1v) is 5.85. The van der Waals surface area contributed by atoms with E-state index in [1.807, 2.05) is 0 Å². The fraction of sp³-hybridized carbons (Fsp3) is 0.700. The Morgan fingerprint density at radius 1 is 1.47 bits per heavy atom. The topological polar surface area (TPSA) is 113 Å². The fourth-order valence-corrected chi connectivity index (χ4v) is 1.78. The third-order valence-corrected chi connectivity index (χ3v) is 2.62. The van der Waals surface area contributed by atoms with Gasteiger partial charge in [-0.1, -0.05) is 5.10 Å². The highest BCUT2D eigenvalue weighted by molar-refractivity contribution is 6.05. The van der Waals surface area contributed by atoms with Crippen LogP contribution >= 0.6 is 0 Å². The summed E-state index contributed by atoms with van der Waals surface area (Å²) >= 11 is 0. The van der Waals surface area contributed by atoms with Gasteiger partial charge in [0, 0.05) is 0 Å². The van der Waals surface area contributed by atoms with Gasteiger partial charge in [-0.15, -0.1) is 5.10 Å². The molecule has 9 nitrogen and oxygen atoms in total. The molecule has 0 spiro atoms. The number of amides is 2. The minimum absolute atomic E-state index is 0.194. The molecule has 1 aliphatic heterocycles. The average Bonchev–Trinajstić information content (AvgIpc) is 2.77. The number of H-pyrrole nitrogens is 1. The first-order chi connectivity index (χ1) is 8.79. The van der Waals surface area contributed by atoms with Crippen LogP contribution in [0.25, 0.3) is 0 Å². The number of nitrogens with one attached hydrogen (secondary N) is 2.